The molecule has 0 spiro atoms. The number of sulfone groups is 1. The van der Waals surface area contributed by atoms with E-state index in [1.807, 2.05) is 0 Å². The molecule has 2 heterocycles. The molecule has 3 atom stereocenters. The second kappa shape index (κ2) is 4.24. The fourth-order valence-corrected chi connectivity index (χ4v) is 4.91. The van der Waals surface area contributed by atoms with Gasteiger partial charge in [0, 0.05) is 0 Å². The van der Waals surface area contributed by atoms with Gasteiger partial charge < -0.3 is 10.4 Å². The Bertz CT molecular complexity index is 419. The number of hydrogen-bond acceptors (Lipinski definition) is 4. The standard InChI is InChI=1S/C11H19NO4S/c1-11(10(13)14)6-8(7-12-11)5-9-3-2-4-17(9,15)16/h8-9,12H,2-7H2,1H3,(H,13,14). The van der Waals surface area contributed by atoms with Gasteiger partial charge in [-0.2, -0.15) is 0 Å². The molecule has 0 radical (unpaired) electrons. The van der Waals surface area contributed by atoms with E-state index in [0.29, 0.717) is 25.1 Å². The second-order valence-electron chi connectivity index (χ2n) is 5.46. The number of carbonyl (C=O) groups is 1. The van der Waals surface area contributed by atoms with Crippen LogP contribution in [0.5, 0.6) is 0 Å². The Morgan fingerprint density at radius 1 is 1.53 bits per heavy atom. The largest absolute Gasteiger partial charge is 0.480 e. The fourth-order valence-electron chi connectivity index (χ4n) is 2.92. The molecule has 5 nitrogen and oxygen atoms in total. The minimum atomic E-state index is -2.91. The van der Waals surface area contributed by atoms with Crippen LogP contribution in [0.3, 0.4) is 0 Å². The Hall–Kier alpha value is -0.620. The van der Waals surface area contributed by atoms with Gasteiger partial charge in [-0.15, -0.1) is 0 Å². The lowest BCUT2D eigenvalue weighted by Crippen LogP contribution is -2.44. The van der Waals surface area contributed by atoms with E-state index in [2.05, 4.69) is 5.32 Å². The molecule has 0 aromatic carbocycles. The smallest absolute Gasteiger partial charge is 0.323 e. The topological polar surface area (TPSA) is 83.5 Å². The number of nitrogens with one attached hydrogen (secondary N) is 1. The summed E-state index contributed by atoms with van der Waals surface area (Å²) in [7, 11) is -2.91. The highest BCUT2D eigenvalue weighted by molar-refractivity contribution is 7.92. The lowest BCUT2D eigenvalue weighted by atomic mass is 9.91. The quantitative estimate of drug-likeness (QED) is 0.768. The Labute approximate surface area is 102 Å². The zero-order chi connectivity index (χ0) is 12.7. The number of hydrogen-bond donors (Lipinski definition) is 2. The van der Waals surface area contributed by atoms with Crippen LogP contribution in [0.4, 0.5) is 0 Å². The first-order valence-electron chi connectivity index (χ1n) is 6.03. The monoisotopic (exact) mass is 261 g/mol. The predicted octanol–water partition coefficient (Wildman–Crippen LogP) is 0.407. The summed E-state index contributed by atoms with van der Waals surface area (Å²) in [5.74, 6) is -0.392. The van der Waals surface area contributed by atoms with Gasteiger partial charge in [-0.25, -0.2) is 8.42 Å². The van der Waals surface area contributed by atoms with Crippen molar-refractivity contribution in [1.29, 1.82) is 0 Å². The van der Waals surface area contributed by atoms with Crippen molar-refractivity contribution >= 4 is 15.8 Å². The van der Waals surface area contributed by atoms with Gasteiger partial charge in [0.15, 0.2) is 9.84 Å². The van der Waals surface area contributed by atoms with Gasteiger partial charge in [0.2, 0.25) is 0 Å². The normalized spacial score (nSPS) is 40.5. The SMILES string of the molecule is CC1(C(=O)O)CC(CC2CCCS2(=O)=O)CN1. The molecule has 0 bridgehead atoms. The summed E-state index contributed by atoms with van der Waals surface area (Å²) in [4.78, 5) is 11.1. The first-order chi connectivity index (χ1) is 7.83. The molecule has 0 saturated carbocycles. The van der Waals surface area contributed by atoms with Crippen molar-refractivity contribution in [3.8, 4) is 0 Å². The molecule has 6 heteroatoms. The van der Waals surface area contributed by atoms with Gasteiger partial charge >= 0.3 is 5.97 Å². The molecule has 2 rings (SSSR count). The summed E-state index contributed by atoms with van der Waals surface area (Å²) in [6, 6.07) is 0. The van der Waals surface area contributed by atoms with Gasteiger partial charge in [0.25, 0.3) is 0 Å². The van der Waals surface area contributed by atoms with E-state index in [1.165, 1.54) is 0 Å². The third kappa shape index (κ3) is 2.47. The maximum Gasteiger partial charge on any atom is 0.323 e. The minimum Gasteiger partial charge on any atom is -0.480 e. The van der Waals surface area contributed by atoms with E-state index >= 15 is 0 Å². The Balaban J connectivity index is 1.97. The highest BCUT2D eigenvalue weighted by Crippen LogP contribution is 2.32. The average Bonchev–Trinajstić information content (AvgIpc) is 2.73. The van der Waals surface area contributed by atoms with Crippen LogP contribution in [-0.4, -0.2) is 42.6 Å². The summed E-state index contributed by atoms with van der Waals surface area (Å²) >= 11 is 0. The van der Waals surface area contributed by atoms with Crippen LogP contribution in [0.15, 0.2) is 0 Å². The molecule has 3 unspecified atom stereocenters. The zero-order valence-electron chi connectivity index (χ0n) is 9.98. The maximum absolute atomic E-state index is 11.7. The molecule has 2 fully saturated rings. The van der Waals surface area contributed by atoms with Crippen LogP contribution in [0.1, 0.15) is 32.6 Å². The van der Waals surface area contributed by atoms with Crippen LogP contribution in [0.2, 0.25) is 0 Å². The van der Waals surface area contributed by atoms with Gasteiger partial charge in [-0.05, 0) is 45.1 Å². The van der Waals surface area contributed by atoms with Crippen molar-refractivity contribution in [2.75, 3.05) is 12.3 Å². The number of carboxylic acids is 1. The molecule has 0 amide bonds. The summed E-state index contributed by atoms with van der Waals surface area (Å²) in [6.07, 6.45) is 2.62. The van der Waals surface area contributed by atoms with Crippen molar-refractivity contribution in [3.63, 3.8) is 0 Å². The van der Waals surface area contributed by atoms with Crippen LogP contribution >= 0.6 is 0 Å². The molecule has 2 aliphatic heterocycles. The molecular weight excluding hydrogens is 242 g/mol. The van der Waals surface area contributed by atoms with E-state index in [0.717, 1.165) is 12.8 Å². The fraction of sp³-hybridized carbons (Fsp3) is 0.909. The van der Waals surface area contributed by atoms with E-state index < -0.39 is 21.3 Å². The molecule has 0 aliphatic carbocycles. The summed E-state index contributed by atoms with van der Waals surface area (Å²) in [5, 5.41) is 11.8. The minimum absolute atomic E-state index is 0.161. The molecule has 17 heavy (non-hydrogen) atoms. The van der Waals surface area contributed by atoms with Crippen molar-refractivity contribution in [2.24, 2.45) is 5.92 Å². The second-order valence-corrected chi connectivity index (χ2v) is 7.86. The Kier molecular flexibility index (Phi) is 3.20. The number of aliphatic carboxylic acids is 1. The van der Waals surface area contributed by atoms with E-state index in [9.17, 15) is 13.2 Å². The molecule has 2 saturated heterocycles. The molecule has 0 aromatic heterocycles. The zero-order valence-corrected chi connectivity index (χ0v) is 10.8. The van der Waals surface area contributed by atoms with Crippen molar-refractivity contribution in [1.82, 2.24) is 5.32 Å². The lowest BCUT2D eigenvalue weighted by molar-refractivity contribution is -0.143. The maximum atomic E-state index is 11.7. The Morgan fingerprint density at radius 2 is 2.24 bits per heavy atom. The van der Waals surface area contributed by atoms with Crippen LogP contribution in [0, 0.1) is 5.92 Å². The lowest BCUT2D eigenvalue weighted by Gasteiger charge is -2.19. The molecular formula is C11H19NO4S. The summed E-state index contributed by atoms with van der Waals surface area (Å²) in [5.41, 5.74) is -0.882. The van der Waals surface area contributed by atoms with Crippen molar-refractivity contribution in [2.45, 2.75) is 43.4 Å². The summed E-state index contributed by atoms with van der Waals surface area (Å²) in [6.45, 7) is 2.27. The van der Waals surface area contributed by atoms with Gasteiger partial charge in [-0.1, -0.05) is 0 Å². The van der Waals surface area contributed by atoms with Crippen molar-refractivity contribution in [3.05, 3.63) is 0 Å². The van der Waals surface area contributed by atoms with Crippen LogP contribution in [-0.2, 0) is 14.6 Å². The number of carboxylic acid groups (broad SMARTS) is 1. The van der Waals surface area contributed by atoms with Crippen LogP contribution in [0.25, 0.3) is 0 Å². The first-order valence-corrected chi connectivity index (χ1v) is 7.75. The summed E-state index contributed by atoms with van der Waals surface area (Å²) < 4.78 is 23.4. The molecule has 98 valence electrons. The highest BCUT2D eigenvalue weighted by atomic mass is 32.2. The third-order valence-corrected chi connectivity index (χ3v) is 6.31. The molecule has 2 N–H and O–H groups in total. The van der Waals surface area contributed by atoms with E-state index in [-0.39, 0.29) is 11.2 Å². The average molecular weight is 261 g/mol. The first kappa shape index (κ1) is 12.8. The molecule has 2 aliphatic rings. The van der Waals surface area contributed by atoms with E-state index in [1.54, 1.807) is 6.92 Å². The molecule has 0 aromatic rings. The van der Waals surface area contributed by atoms with Crippen molar-refractivity contribution < 1.29 is 18.3 Å². The van der Waals surface area contributed by atoms with Gasteiger partial charge in [0.05, 0.1) is 11.0 Å². The van der Waals surface area contributed by atoms with Gasteiger partial charge in [0.1, 0.15) is 5.54 Å². The van der Waals surface area contributed by atoms with E-state index in [4.69, 9.17) is 5.11 Å². The van der Waals surface area contributed by atoms with Gasteiger partial charge in [-0.3, -0.25) is 4.79 Å². The van der Waals surface area contributed by atoms with Crippen LogP contribution < -0.4 is 5.32 Å². The third-order valence-electron chi connectivity index (χ3n) is 4.01. The predicted molar refractivity (Wildman–Crippen MR) is 63.6 cm³/mol. The Morgan fingerprint density at radius 3 is 2.71 bits per heavy atom. The highest BCUT2D eigenvalue weighted by Gasteiger charge is 2.43. The number of rotatable bonds is 3.